The fourth-order valence-corrected chi connectivity index (χ4v) is 3.25. The Morgan fingerprint density at radius 2 is 1.83 bits per heavy atom. The molecule has 0 spiro atoms. The Morgan fingerprint density at radius 1 is 1.17 bits per heavy atom. The van der Waals surface area contributed by atoms with Gasteiger partial charge in [0.1, 0.15) is 0 Å². The van der Waals surface area contributed by atoms with Crippen LogP contribution >= 0.6 is 0 Å². The third kappa shape index (κ3) is 5.68. The highest BCUT2D eigenvalue weighted by Gasteiger charge is 2.21. The molecule has 0 atom stereocenters. The van der Waals surface area contributed by atoms with Crippen LogP contribution in [0.25, 0.3) is 10.4 Å². The number of hydrogen-bond donors (Lipinski definition) is 1. The second-order valence-electron chi connectivity index (χ2n) is 4.37. The number of nitrogens with zero attached hydrogens (tertiary/aromatic N) is 4. The zero-order valence-corrected chi connectivity index (χ0v) is 11.4. The van der Waals surface area contributed by atoms with Crippen molar-refractivity contribution >= 4 is 10.2 Å². The summed E-state index contributed by atoms with van der Waals surface area (Å²) in [4.78, 5) is 2.64. The van der Waals surface area contributed by atoms with E-state index < -0.39 is 10.2 Å². The van der Waals surface area contributed by atoms with Crippen molar-refractivity contribution in [2.24, 2.45) is 5.11 Å². The van der Waals surface area contributed by atoms with E-state index in [4.69, 9.17) is 5.53 Å². The number of nitrogens with one attached hydrogen (secondary N) is 1. The van der Waals surface area contributed by atoms with Crippen LogP contribution in [0.3, 0.4) is 0 Å². The van der Waals surface area contributed by atoms with Crippen LogP contribution in [0.15, 0.2) is 5.11 Å². The number of azide groups is 1. The summed E-state index contributed by atoms with van der Waals surface area (Å²) < 4.78 is 28.1. The minimum absolute atomic E-state index is 0.403. The largest absolute Gasteiger partial charge is 0.279 e. The molecule has 7 nitrogen and oxygen atoms in total. The first kappa shape index (κ1) is 15.2. The van der Waals surface area contributed by atoms with Crippen LogP contribution < -0.4 is 4.72 Å². The molecule has 104 valence electrons. The van der Waals surface area contributed by atoms with Crippen molar-refractivity contribution in [2.45, 2.75) is 38.5 Å². The average molecular weight is 275 g/mol. The van der Waals surface area contributed by atoms with Crippen molar-refractivity contribution < 1.29 is 8.42 Å². The normalized spacial score (nSPS) is 18.0. The molecule has 1 N–H and O–H groups in total. The lowest BCUT2D eigenvalue weighted by atomic mass is 10.2. The van der Waals surface area contributed by atoms with Crippen LogP contribution in [0.5, 0.6) is 0 Å². The van der Waals surface area contributed by atoms with E-state index in [2.05, 4.69) is 14.7 Å². The molecule has 0 aromatic rings. The highest BCUT2D eigenvalue weighted by atomic mass is 32.2. The second-order valence-corrected chi connectivity index (χ2v) is 6.13. The predicted octanol–water partition coefficient (Wildman–Crippen LogP) is 1.79. The smallest absolute Gasteiger partial charge is 0.202 e. The highest BCUT2D eigenvalue weighted by molar-refractivity contribution is 7.87. The van der Waals surface area contributed by atoms with E-state index in [1.807, 2.05) is 0 Å². The molecule has 1 saturated heterocycles. The van der Waals surface area contributed by atoms with Gasteiger partial charge in [0.2, 0.25) is 0 Å². The number of unbranched alkanes of at least 4 members (excludes halogenated alkanes) is 1. The van der Waals surface area contributed by atoms with E-state index >= 15 is 0 Å². The predicted molar refractivity (Wildman–Crippen MR) is 70.2 cm³/mol. The van der Waals surface area contributed by atoms with Crippen molar-refractivity contribution in [1.82, 2.24) is 9.03 Å². The van der Waals surface area contributed by atoms with Gasteiger partial charge >= 0.3 is 0 Å². The molecule has 0 unspecified atom stereocenters. The molecular weight excluding hydrogens is 254 g/mol. The molecule has 18 heavy (non-hydrogen) atoms. The van der Waals surface area contributed by atoms with E-state index in [0.29, 0.717) is 39.0 Å². The zero-order chi connectivity index (χ0) is 13.3. The summed E-state index contributed by atoms with van der Waals surface area (Å²) in [5, 5.41) is 3.40. The van der Waals surface area contributed by atoms with Gasteiger partial charge in [0.15, 0.2) is 0 Å². The van der Waals surface area contributed by atoms with Gasteiger partial charge in [-0.05, 0) is 31.2 Å². The molecule has 0 bridgehead atoms. The zero-order valence-electron chi connectivity index (χ0n) is 10.6. The van der Waals surface area contributed by atoms with Crippen molar-refractivity contribution in [3.63, 3.8) is 0 Å². The molecule has 0 radical (unpaired) electrons. The van der Waals surface area contributed by atoms with Gasteiger partial charge in [-0.25, -0.2) is 4.72 Å². The van der Waals surface area contributed by atoms with Crippen LogP contribution in [-0.2, 0) is 10.2 Å². The van der Waals surface area contributed by atoms with Gasteiger partial charge in [-0.3, -0.25) is 0 Å². The van der Waals surface area contributed by atoms with Gasteiger partial charge in [-0.1, -0.05) is 18.0 Å². The molecule has 1 rings (SSSR count). The van der Waals surface area contributed by atoms with Crippen molar-refractivity contribution in [3.8, 4) is 0 Å². The van der Waals surface area contributed by atoms with Crippen LogP contribution in [0.1, 0.15) is 38.5 Å². The minimum Gasteiger partial charge on any atom is -0.202 e. The van der Waals surface area contributed by atoms with E-state index in [9.17, 15) is 8.42 Å². The molecule has 0 aliphatic carbocycles. The summed E-state index contributed by atoms with van der Waals surface area (Å²) in [7, 11) is -3.32. The summed E-state index contributed by atoms with van der Waals surface area (Å²) in [5.74, 6) is 0. The van der Waals surface area contributed by atoms with E-state index in [1.165, 1.54) is 4.31 Å². The lowest BCUT2D eigenvalue weighted by Gasteiger charge is -2.20. The molecule has 8 heteroatoms. The van der Waals surface area contributed by atoms with Crippen LogP contribution in [0.2, 0.25) is 0 Å². The summed E-state index contributed by atoms with van der Waals surface area (Å²) >= 11 is 0. The highest BCUT2D eigenvalue weighted by Crippen LogP contribution is 2.12. The SMILES string of the molecule is [N-]=[N+]=NCCCCNS(=O)(=O)N1CCCCCC1. The van der Waals surface area contributed by atoms with Gasteiger partial charge in [-0.2, -0.15) is 12.7 Å². The van der Waals surface area contributed by atoms with E-state index in [1.54, 1.807) is 0 Å². The Kier molecular flexibility index (Phi) is 7.04. The van der Waals surface area contributed by atoms with Crippen LogP contribution in [0, 0.1) is 0 Å². The standard InChI is InChI=1S/C10H21N5O2S/c11-14-12-7-3-4-8-13-18(16,17)15-9-5-1-2-6-10-15/h13H,1-10H2. The van der Waals surface area contributed by atoms with E-state index in [-0.39, 0.29) is 0 Å². The first-order valence-corrected chi connectivity index (χ1v) is 7.86. The first-order valence-electron chi connectivity index (χ1n) is 6.42. The maximum Gasteiger partial charge on any atom is 0.279 e. The number of rotatable bonds is 7. The quantitative estimate of drug-likeness (QED) is 0.331. The van der Waals surface area contributed by atoms with Gasteiger partial charge in [0.05, 0.1) is 0 Å². The summed E-state index contributed by atoms with van der Waals surface area (Å²) in [6.07, 6.45) is 5.49. The third-order valence-electron chi connectivity index (χ3n) is 2.94. The average Bonchev–Trinajstić information content (AvgIpc) is 2.63. The molecule has 1 heterocycles. The third-order valence-corrected chi connectivity index (χ3v) is 4.55. The van der Waals surface area contributed by atoms with Crippen molar-refractivity contribution in [2.75, 3.05) is 26.2 Å². The topological polar surface area (TPSA) is 98.2 Å². The van der Waals surface area contributed by atoms with E-state index in [0.717, 1.165) is 25.7 Å². The van der Waals surface area contributed by atoms with Crippen molar-refractivity contribution in [3.05, 3.63) is 10.4 Å². The molecule has 1 aliphatic heterocycles. The Balaban J connectivity index is 2.27. The van der Waals surface area contributed by atoms with Gasteiger partial charge < -0.3 is 0 Å². The minimum atomic E-state index is -3.32. The Morgan fingerprint density at radius 3 is 2.44 bits per heavy atom. The molecule has 0 saturated carbocycles. The summed E-state index contributed by atoms with van der Waals surface area (Å²) in [5.41, 5.74) is 8.09. The second kappa shape index (κ2) is 8.31. The lowest BCUT2D eigenvalue weighted by Crippen LogP contribution is -2.41. The van der Waals surface area contributed by atoms with Gasteiger partial charge in [-0.15, -0.1) is 0 Å². The molecule has 0 aromatic carbocycles. The van der Waals surface area contributed by atoms with Crippen LogP contribution in [0.4, 0.5) is 0 Å². The molecule has 0 aromatic heterocycles. The number of hydrogen-bond acceptors (Lipinski definition) is 3. The fourth-order valence-electron chi connectivity index (χ4n) is 1.93. The van der Waals surface area contributed by atoms with Gasteiger partial charge in [0.25, 0.3) is 10.2 Å². The lowest BCUT2D eigenvalue weighted by molar-refractivity contribution is 0.414. The Hall–Kier alpha value is -0.820. The maximum atomic E-state index is 12.0. The monoisotopic (exact) mass is 275 g/mol. The molecular formula is C10H21N5O2S. The Bertz CT molecular complexity index is 370. The van der Waals surface area contributed by atoms with Gasteiger partial charge in [0, 0.05) is 31.1 Å². The molecule has 1 fully saturated rings. The molecule has 0 amide bonds. The van der Waals surface area contributed by atoms with Crippen molar-refractivity contribution in [1.29, 1.82) is 0 Å². The first-order chi connectivity index (χ1) is 8.67. The molecule has 1 aliphatic rings. The summed E-state index contributed by atoms with van der Waals surface area (Å²) in [6, 6.07) is 0. The maximum absolute atomic E-state index is 12.0. The Labute approximate surface area is 108 Å². The summed E-state index contributed by atoms with van der Waals surface area (Å²) in [6.45, 7) is 2.06. The fraction of sp³-hybridized carbons (Fsp3) is 1.00. The van der Waals surface area contributed by atoms with Crippen LogP contribution in [-0.4, -0.2) is 38.9 Å².